The predicted octanol–water partition coefficient (Wildman–Crippen LogP) is 3.82. The molecule has 0 radical (unpaired) electrons. The maximum Gasteiger partial charge on any atom is 0.231 e. The molecular weight excluding hydrogens is 250 g/mol. The molecule has 3 nitrogen and oxygen atoms in total. The highest BCUT2D eigenvalue weighted by Gasteiger charge is 2.28. The van der Waals surface area contributed by atoms with Gasteiger partial charge in [0.05, 0.1) is 0 Å². The van der Waals surface area contributed by atoms with E-state index in [4.69, 9.17) is 9.47 Å². The van der Waals surface area contributed by atoms with E-state index in [-0.39, 0.29) is 0 Å². The Morgan fingerprint density at radius 3 is 2.40 bits per heavy atom. The smallest absolute Gasteiger partial charge is 0.231 e. The van der Waals surface area contributed by atoms with Crippen LogP contribution in [0.3, 0.4) is 0 Å². The van der Waals surface area contributed by atoms with Crippen LogP contribution < -0.4 is 9.47 Å². The number of benzene rings is 1. The zero-order valence-electron chi connectivity index (χ0n) is 12.7. The summed E-state index contributed by atoms with van der Waals surface area (Å²) in [5.41, 5.74) is 5.74. The van der Waals surface area contributed by atoms with E-state index < -0.39 is 0 Å². The molecule has 3 heteroatoms. The molecule has 0 spiro atoms. The van der Waals surface area contributed by atoms with Gasteiger partial charge in [0.25, 0.3) is 0 Å². The maximum absolute atomic E-state index is 5.55. The van der Waals surface area contributed by atoms with Crippen molar-refractivity contribution in [1.82, 2.24) is 4.90 Å². The molecule has 1 aromatic rings. The fourth-order valence-corrected chi connectivity index (χ4v) is 3.30. The quantitative estimate of drug-likeness (QED) is 0.814. The van der Waals surface area contributed by atoms with Crippen LogP contribution >= 0.6 is 0 Å². The van der Waals surface area contributed by atoms with E-state index in [1.54, 1.807) is 5.57 Å². The summed E-state index contributed by atoms with van der Waals surface area (Å²) >= 11 is 0. The monoisotopic (exact) mass is 273 g/mol. The van der Waals surface area contributed by atoms with Gasteiger partial charge in [-0.05, 0) is 50.0 Å². The Morgan fingerprint density at radius 2 is 1.75 bits per heavy atom. The van der Waals surface area contributed by atoms with Crippen molar-refractivity contribution in [2.45, 2.75) is 40.0 Å². The van der Waals surface area contributed by atoms with Gasteiger partial charge in [-0.1, -0.05) is 13.3 Å². The third-order valence-corrected chi connectivity index (χ3v) is 4.22. The Bertz CT molecular complexity index is 544. The molecule has 0 saturated heterocycles. The minimum atomic E-state index is 0.352. The van der Waals surface area contributed by atoms with Gasteiger partial charge in [0, 0.05) is 24.4 Å². The molecule has 0 unspecified atom stereocenters. The van der Waals surface area contributed by atoms with E-state index in [9.17, 15) is 0 Å². The Morgan fingerprint density at radius 1 is 1.05 bits per heavy atom. The predicted molar refractivity (Wildman–Crippen MR) is 81.0 cm³/mol. The Hall–Kier alpha value is -1.64. The summed E-state index contributed by atoms with van der Waals surface area (Å²) in [4.78, 5) is 2.47. The highest BCUT2D eigenvalue weighted by atomic mass is 16.7. The lowest BCUT2D eigenvalue weighted by Gasteiger charge is -2.25. The van der Waals surface area contributed by atoms with Gasteiger partial charge in [-0.15, -0.1) is 0 Å². The Balaban J connectivity index is 2.06. The number of hydrogen-bond donors (Lipinski definition) is 0. The largest absolute Gasteiger partial charge is 0.454 e. The second-order valence-corrected chi connectivity index (χ2v) is 5.41. The van der Waals surface area contributed by atoms with Gasteiger partial charge in [0.2, 0.25) is 6.79 Å². The highest BCUT2D eigenvalue weighted by Crippen LogP contribution is 2.44. The van der Waals surface area contributed by atoms with E-state index in [1.807, 2.05) is 0 Å². The van der Waals surface area contributed by atoms with E-state index >= 15 is 0 Å². The molecule has 1 aromatic carbocycles. The van der Waals surface area contributed by atoms with Gasteiger partial charge >= 0.3 is 0 Å². The molecule has 0 N–H and O–H groups in total. The van der Waals surface area contributed by atoms with Gasteiger partial charge in [0.15, 0.2) is 11.5 Å². The lowest BCUT2D eigenvalue weighted by atomic mass is 10.1. The summed E-state index contributed by atoms with van der Waals surface area (Å²) in [6, 6.07) is 4.35. The summed E-state index contributed by atoms with van der Waals surface area (Å²) in [6.45, 7) is 9.16. The lowest BCUT2D eigenvalue weighted by Crippen LogP contribution is -2.21. The van der Waals surface area contributed by atoms with Crippen LogP contribution in [0.1, 0.15) is 44.7 Å². The van der Waals surface area contributed by atoms with Crippen LogP contribution in [0, 0.1) is 0 Å². The van der Waals surface area contributed by atoms with Gasteiger partial charge in [-0.2, -0.15) is 0 Å². The fourth-order valence-electron chi connectivity index (χ4n) is 3.30. The first-order valence-electron chi connectivity index (χ1n) is 7.68. The first kappa shape index (κ1) is 13.3. The minimum Gasteiger partial charge on any atom is -0.454 e. The molecule has 0 saturated carbocycles. The summed E-state index contributed by atoms with van der Waals surface area (Å²) in [5, 5.41) is 0. The topological polar surface area (TPSA) is 21.7 Å². The number of allylic oxidation sites excluding steroid dienone is 1. The van der Waals surface area contributed by atoms with Crippen molar-refractivity contribution in [3.8, 4) is 11.5 Å². The van der Waals surface area contributed by atoms with Crippen LogP contribution in [0.25, 0.3) is 5.70 Å². The molecule has 0 atom stereocenters. The zero-order valence-corrected chi connectivity index (χ0v) is 12.7. The van der Waals surface area contributed by atoms with Crippen molar-refractivity contribution < 1.29 is 9.47 Å². The van der Waals surface area contributed by atoms with Crippen LogP contribution in [-0.4, -0.2) is 24.8 Å². The average Bonchev–Trinajstić information content (AvgIpc) is 3.03. The average molecular weight is 273 g/mol. The van der Waals surface area contributed by atoms with Crippen LogP contribution in [0.4, 0.5) is 0 Å². The van der Waals surface area contributed by atoms with Crippen LogP contribution in [-0.2, 0) is 6.42 Å². The van der Waals surface area contributed by atoms with Crippen LogP contribution in [0.5, 0.6) is 11.5 Å². The molecule has 1 heterocycles. The second kappa shape index (κ2) is 5.39. The number of nitrogens with zero attached hydrogens (tertiary/aromatic N) is 1. The molecule has 0 aromatic heterocycles. The normalized spacial score (nSPS) is 15.8. The third-order valence-electron chi connectivity index (χ3n) is 4.22. The summed E-state index contributed by atoms with van der Waals surface area (Å²) in [5.74, 6) is 1.80. The van der Waals surface area contributed by atoms with Crippen molar-refractivity contribution in [1.29, 1.82) is 0 Å². The van der Waals surface area contributed by atoms with Gasteiger partial charge in [0.1, 0.15) is 0 Å². The highest BCUT2D eigenvalue weighted by molar-refractivity contribution is 5.77. The Labute approximate surface area is 121 Å². The Kier molecular flexibility index (Phi) is 3.60. The molecular formula is C17H23NO2. The van der Waals surface area contributed by atoms with E-state index in [0.29, 0.717) is 6.79 Å². The van der Waals surface area contributed by atoms with E-state index in [1.165, 1.54) is 29.7 Å². The van der Waals surface area contributed by atoms with Crippen molar-refractivity contribution >= 4 is 5.70 Å². The molecule has 20 heavy (non-hydrogen) atoms. The van der Waals surface area contributed by atoms with Crippen molar-refractivity contribution in [2.24, 2.45) is 0 Å². The summed E-state index contributed by atoms with van der Waals surface area (Å²) in [6.07, 6.45) is 3.43. The van der Waals surface area contributed by atoms with E-state index in [2.05, 4.69) is 37.8 Å². The van der Waals surface area contributed by atoms with Crippen molar-refractivity contribution in [2.75, 3.05) is 19.9 Å². The third kappa shape index (κ3) is 2.05. The lowest BCUT2D eigenvalue weighted by molar-refractivity contribution is 0.174. The molecule has 0 fully saturated rings. The molecule has 3 rings (SSSR count). The molecule has 0 amide bonds. The minimum absolute atomic E-state index is 0.352. The van der Waals surface area contributed by atoms with E-state index in [0.717, 1.165) is 31.0 Å². The van der Waals surface area contributed by atoms with Gasteiger partial charge < -0.3 is 14.4 Å². The van der Waals surface area contributed by atoms with Crippen molar-refractivity contribution in [3.05, 3.63) is 28.8 Å². The maximum atomic E-state index is 5.55. The molecule has 1 aliphatic heterocycles. The SMILES string of the molecule is CCCC1=C(N(CC)CC)c2cc3c(cc2C1)OCO3. The second-order valence-electron chi connectivity index (χ2n) is 5.41. The van der Waals surface area contributed by atoms with Crippen molar-refractivity contribution in [3.63, 3.8) is 0 Å². The standard InChI is InChI=1S/C17H23NO2/c1-4-7-12-8-13-9-15-16(20-11-19-15)10-14(13)17(12)18(5-2)6-3/h9-10H,4-8,11H2,1-3H3. The summed E-state index contributed by atoms with van der Waals surface area (Å²) < 4.78 is 11.1. The fraction of sp³-hybridized carbons (Fsp3) is 0.529. The summed E-state index contributed by atoms with van der Waals surface area (Å²) in [7, 11) is 0. The number of ether oxygens (including phenoxy) is 2. The molecule has 2 aliphatic rings. The first-order valence-corrected chi connectivity index (χ1v) is 7.68. The number of hydrogen-bond acceptors (Lipinski definition) is 3. The van der Waals surface area contributed by atoms with Crippen LogP contribution in [0.15, 0.2) is 17.7 Å². The first-order chi connectivity index (χ1) is 9.78. The number of rotatable bonds is 5. The van der Waals surface area contributed by atoms with Gasteiger partial charge in [-0.3, -0.25) is 0 Å². The molecule has 108 valence electrons. The molecule has 1 aliphatic carbocycles. The molecule has 0 bridgehead atoms. The van der Waals surface area contributed by atoms with Gasteiger partial charge in [-0.25, -0.2) is 0 Å². The number of fused-ring (bicyclic) bond motifs is 2. The van der Waals surface area contributed by atoms with Crippen LogP contribution in [0.2, 0.25) is 0 Å². The zero-order chi connectivity index (χ0) is 14.1.